The van der Waals surface area contributed by atoms with Gasteiger partial charge in [-0.2, -0.15) is 5.26 Å². The third-order valence-corrected chi connectivity index (χ3v) is 3.31. The minimum atomic E-state index is -0.715. The van der Waals surface area contributed by atoms with E-state index in [9.17, 15) is 4.79 Å². The first-order chi connectivity index (χ1) is 8.65. The molecule has 2 rings (SSSR count). The summed E-state index contributed by atoms with van der Waals surface area (Å²) in [5.41, 5.74) is 0.233. The highest BCUT2D eigenvalue weighted by Gasteiger charge is 2.40. The molecule has 0 spiro atoms. The fraction of sp³-hybridized carbons (Fsp3) is 0.429. The summed E-state index contributed by atoms with van der Waals surface area (Å²) in [4.78, 5) is 13.5. The molecule has 0 saturated carbocycles. The lowest BCUT2D eigenvalue weighted by Crippen LogP contribution is -2.44. The van der Waals surface area contributed by atoms with Gasteiger partial charge in [0.25, 0.3) is 0 Å². The summed E-state index contributed by atoms with van der Waals surface area (Å²) in [6.07, 6.45) is 1.16. The first-order valence-electron chi connectivity index (χ1n) is 6.05. The molecular formula is C14H16N2O2. The average Bonchev–Trinajstić information content (AvgIpc) is 2.80. The summed E-state index contributed by atoms with van der Waals surface area (Å²) < 4.78 is 5.25. The van der Waals surface area contributed by atoms with Gasteiger partial charge in [-0.05, 0) is 25.3 Å². The molecule has 1 amide bonds. The fourth-order valence-electron chi connectivity index (χ4n) is 2.17. The Labute approximate surface area is 107 Å². The molecule has 1 aliphatic heterocycles. The highest BCUT2D eigenvalue weighted by molar-refractivity contribution is 5.69. The smallest absolute Gasteiger partial charge is 0.411 e. The van der Waals surface area contributed by atoms with E-state index in [1.165, 1.54) is 4.90 Å². The van der Waals surface area contributed by atoms with Gasteiger partial charge in [0.15, 0.2) is 0 Å². The Morgan fingerprint density at radius 2 is 2.22 bits per heavy atom. The third-order valence-electron chi connectivity index (χ3n) is 3.31. The zero-order valence-electron chi connectivity index (χ0n) is 10.4. The first-order valence-corrected chi connectivity index (χ1v) is 6.05. The maximum atomic E-state index is 11.9. The maximum Gasteiger partial charge on any atom is 0.411 e. The van der Waals surface area contributed by atoms with Gasteiger partial charge in [-0.3, -0.25) is 4.90 Å². The zero-order chi connectivity index (χ0) is 13.0. The molecule has 0 radical (unpaired) electrons. The number of hydrogen-bond acceptors (Lipinski definition) is 3. The predicted octanol–water partition coefficient (Wildman–Crippen LogP) is 2.70. The number of ether oxygens (including phenoxy) is 1. The first kappa shape index (κ1) is 12.4. The second-order valence-corrected chi connectivity index (χ2v) is 4.68. The van der Waals surface area contributed by atoms with Crippen molar-refractivity contribution >= 4 is 6.09 Å². The van der Waals surface area contributed by atoms with Gasteiger partial charge in [-0.25, -0.2) is 4.79 Å². The van der Waals surface area contributed by atoms with Crippen molar-refractivity contribution in [3.63, 3.8) is 0 Å². The number of carbonyl (C=O) groups is 1. The molecule has 1 fully saturated rings. The monoisotopic (exact) mass is 244 g/mol. The minimum Gasteiger partial charge on any atom is -0.445 e. The van der Waals surface area contributed by atoms with Gasteiger partial charge in [0.05, 0.1) is 6.07 Å². The van der Waals surface area contributed by atoms with Crippen molar-refractivity contribution in [2.75, 3.05) is 6.54 Å². The van der Waals surface area contributed by atoms with Crippen LogP contribution in [0.15, 0.2) is 30.3 Å². The van der Waals surface area contributed by atoms with Crippen LogP contribution in [0, 0.1) is 11.3 Å². The third kappa shape index (κ3) is 2.45. The molecule has 0 bridgehead atoms. The van der Waals surface area contributed by atoms with Gasteiger partial charge in [-0.1, -0.05) is 30.3 Å². The van der Waals surface area contributed by atoms with E-state index in [2.05, 4.69) is 6.07 Å². The second-order valence-electron chi connectivity index (χ2n) is 4.68. The molecule has 94 valence electrons. The normalized spacial score (nSPS) is 22.6. The van der Waals surface area contributed by atoms with E-state index in [-0.39, 0.29) is 6.61 Å². The van der Waals surface area contributed by atoms with Gasteiger partial charge in [0.1, 0.15) is 12.1 Å². The molecule has 0 N–H and O–H groups in total. The predicted molar refractivity (Wildman–Crippen MR) is 66.6 cm³/mol. The van der Waals surface area contributed by atoms with Crippen LogP contribution in [0.1, 0.15) is 25.3 Å². The second kappa shape index (κ2) is 5.09. The molecule has 0 aromatic heterocycles. The lowest BCUT2D eigenvalue weighted by molar-refractivity contribution is 0.0833. The Morgan fingerprint density at radius 3 is 2.89 bits per heavy atom. The van der Waals surface area contributed by atoms with Crippen LogP contribution >= 0.6 is 0 Å². The van der Waals surface area contributed by atoms with E-state index in [4.69, 9.17) is 10.00 Å². The quantitative estimate of drug-likeness (QED) is 0.803. The van der Waals surface area contributed by atoms with Crippen molar-refractivity contribution in [2.45, 2.75) is 31.9 Å². The topological polar surface area (TPSA) is 53.3 Å². The van der Waals surface area contributed by atoms with E-state index in [1.54, 1.807) is 6.92 Å². The number of nitrogens with zero attached hydrogens (tertiary/aromatic N) is 2. The van der Waals surface area contributed by atoms with Crippen molar-refractivity contribution < 1.29 is 9.53 Å². The van der Waals surface area contributed by atoms with Crippen LogP contribution in [0.3, 0.4) is 0 Å². The van der Waals surface area contributed by atoms with Crippen LogP contribution in [0.5, 0.6) is 0 Å². The summed E-state index contributed by atoms with van der Waals surface area (Å²) in [5.74, 6) is 0. The molecule has 1 aromatic carbocycles. The minimum absolute atomic E-state index is 0.248. The zero-order valence-corrected chi connectivity index (χ0v) is 10.4. The van der Waals surface area contributed by atoms with Crippen LogP contribution < -0.4 is 0 Å². The number of amides is 1. The summed E-state index contributed by atoms with van der Waals surface area (Å²) in [6.45, 7) is 2.62. The summed E-state index contributed by atoms with van der Waals surface area (Å²) >= 11 is 0. The lowest BCUT2D eigenvalue weighted by atomic mass is 10.0. The molecule has 0 aliphatic carbocycles. The van der Waals surface area contributed by atoms with E-state index in [0.717, 1.165) is 12.0 Å². The van der Waals surface area contributed by atoms with Gasteiger partial charge in [0, 0.05) is 6.54 Å². The van der Waals surface area contributed by atoms with Crippen molar-refractivity contribution in [1.29, 1.82) is 5.26 Å². The van der Waals surface area contributed by atoms with Crippen LogP contribution in [-0.4, -0.2) is 23.1 Å². The number of rotatable bonds is 2. The molecule has 4 nitrogen and oxygen atoms in total. The van der Waals surface area contributed by atoms with Crippen LogP contribution in [-0.2, 0) is 11.3 Å². The molecule has 1 aliphatic rings. The van der Waals surface area contributed by atoms with Crippen molar-refractivity contribution in [3.8, 4) is 6.07 Å². The molecule has 0 unspecified atom stereocenters. The Bertz CT molecular complexity index is 466. The summed E-state index contributed by atoms with van der Waals surface area (Å²) in [5, 5.41) is 9.13. The number of likely N-dealkylation sites (tertiary alicyclic amines) is 1. The average molecular weight is 244 g/mol. The Balaban J connectivity index is 1.95. The van der Waals surface area contributed by atoms with Crippen molar-refractivity contribution in [2.24, 2.45) is 0 Å². The summed E-state index contributed by atoms with van der Waals surface area (Å²) in [6, 6.07) is 11.7. The van der Waals surface area contributed by atoms with E-state index in [0.29, 0.717) is 13.0 Å². The van der Waals surface area contributed by atoms with Gasteiger partial charge >= 0.3 is 6.09 Å². The fourth-order valence-corrected chi connectivity index (χ4v) is 2.17. The van der Waals surface area contributed by atoms with Gasteiger partial charge in [-0.15, -0.1) is 0 Å². The molecule has 1 aromatic rings. The molecule has 1 saturated heterocycles. The maximum absolute atomic E-state index is 11.9. The molecular weight excluding hydrogens is 228 g/mol. The number of nitriles is 1. The SMILES string of the molecule is C[C@@]1(C#N)CCCN1C(=O)OCc1ccccc1. The Kier molecular flexibility index (Phi) is 3.52. The van der Waals surface area contributed by atoms with Crippen LogP contribution in [0.2, 0.25) is 0 Å². The lowest BCUT2D eigenvalue weighted by Gasteiger charge is -2.27. The van der Waals surface area contributed by atoms with Crippen LogP contribution in [0.4, 0.5) is 4.79 Å². The Morgan fingerprint density at radius 1 is 1.50 bits per heavy atom. The van der Waals surface area contributed by atoms with Crippen molar-refractivity contribution in [1.82, 2.24) is 4.90 Å². The van der Waals surface area contributed by atoms with Gasteiger partial charge < -0.3 is 4.74 Å². The van der Waals surface area contributed by atoms with E-state index in [1.807, 2.05) is 30.3 Å². The number of hydrogen-bond donors (Lipinski definition) is 0. The summed E-state index contributed by atoms with van der Waals surface area (Å²) in [7, 11) is 0. The largest absolute Gasteiger partial charge is 0.445 e. The molecule has 18 heavy (non-hydrogen) atoms. The van der Waals surface area contributed by atoms with Crippen molar-refractivity contribution in [3.05, 3.63) is 35.9 Å². The molecule has 1 heterocycles. The number of carbonyl (C=O) groups excluding carboxylic acids is 1. The Hall–Kier alpha value is -2.02. The highest BCUT2D eigenvalue weighted by atomic mass is 16.6. The van der Waals surface area contributed by atoms with Gasteiger partial charge in [0.2, 0.25) is 0 Å². The van der Waals surface area contributed by atoms with E-state index >= 15 is 0 Å². The standard InChI is InChI=1S/C14H16N2O2/c1-14(11-15)8-5-9-16(14)13(17)18-10-12-6-3-2-4-7-12/h2-4,6-7H,5,8-10H2,1H3/t14-/m0/s1. The van der Waals surface area contributed by atoms with E-state index < -0.39 is 11.6 Å². The molecule has 1 atom stereocenters. The molecule has 4 heteroatoms. The van der Waals surface area contributed by atoms with Crippen LogP contribution in [0.25, 0.3) is 0 Å². The highest BCUT2D eigenvalue weighted by Crippen LogP contribution is 2.28. The number of benzene rings is 1.